The lowest BCUT2D eigenvalue weighted by atomic mass is 9.75. The Balaban J connectivity index is 1.83. The van der Waals surface area contributed by atoms with E-state index in [0.717, 1.165) is 12.8 Å². The van der Waals surface area contributed by atoms with Crippen molar-refractivity contribution < 1.29 is 4.79 Å². The van der Waals surface area contributed by atoms with Gasteiger partial charge in [-0.25, -0.2) is 0 Å². The van der Waals surface area contributed by atoms with Gasteiger partial charge in [-0.2, -0.15) is 0 Å². The summed E-state index contributed by atoms with van der Waals surface area (Å²) in [6, 6.07) is 0.486. The second-order valence-electron chi connectivity index (χ2n) is 4.96. The number of rotatable bonds is 0. The second kappa shape index (κ2) is 3.11. The lowest BCUT2D eigenvalue weighted by Gasteiger charge is -2.32. The molecule has 1 aliphatic heterocycles. The van der Waals surface area contributed by atoms with Crippen LogP contribution in [0, 0.1) is 5.92 Å². The highest BCUT2D eigenvalue weighted by Gasteiger charge is 2.37. The number of carbonyl (C=O) groups is 1. The monoisotopic (exact) mass is 191 g/mol. The Morgan fingerprint density at radius 3 is 2.50 bits per heavy atom. The maximum atomic E-state index is 11.3. The molecule has 3 aliphatic rings. The molecule has 1 N–H and O–H groups in total. The zero-order valence-electron chi connectivity index (χ0n) is 8.51. The van der Waals surface area contributed by atoms with Crippen LogP contribution in [0.2, 0.25) is 0 Å². The molecule has 3 rings (SSSR count). The van der Waals surface area contributed by atoms with Gasteiger partial charge < -0.3 is 5.32 Å². The molecule has 2 atom stereocenters. The second-order valence-corrected chi connectivity index (χ2v) is 4.96. The quantitative estimate of drug-likeness (QED) is 0.584. The van der Waals surface area contributed by atoms with Crippen LogP contribution >= 0.6 is 0 Å². The summed E-state index contributed by atoms with van der Waals surface area (Å²) in [5.41, 5.74) is 3.38. The normalized spacial score (nSPS) is 36.4. The van der Waals surface area contributed by atoms with Gasteiger partial charge >= 0.3 is 0 Å². The molecule has 14 heavy (non-hydrogen) atoms. The number of carbonyl (C=O) groups excluding carboxylic acids is 1. The molecule has 2 heteroatoms. The van der Waals surface area contributed by atoms with Gasteiger partial charge in [0.25, 0.3) is 0 Å². The zero-order chi connectivity index (χ0) is 9.54. The van der Waals surface area contributed by atoms with Gasteiger partial charge in [0.2, 0.25) is 5.91 Å². The summed E-state index contributed by atoms with van der Waals surface area (Å²) in [5, 5.41) is 3.12. The van der Waals surface area contributed by atoms with Gasteiger partial charge in [-0.05, 0) is 44.4 Å². The largest absolute Gasteiger partial charge is 0.353 e. The predicted octanol–water partition coefficient (Wildman–Crippen LogP) is 2.16. The number of hydrogen-bond donors (Lipinski definition) is 1. The first-order valence-corrected chi connectivity index (χ1v) is 5.82. The fraction of sp³-hybridized carbons (Fsp3) is 0.750. The van der Waals surface area contributed by atoms with E-state index < -0.39 is 0 Å². The number of nitrogens with one attached hydrogen (secondary N) is 1. The minimum absolute atomic E-state index is 0.278. The first kappa shape index (κ1) is 8.51. The minimum atomic E-state index is 0.278. The fourth-order valence-electron chi connectivity index (χ4n) is 3.30. The Morgan fingerprint density at radius 2 is 1.71 bits per heavy atom. The van der Waals surface area contributed by atoms with Gasteiger partial charge in [0.15, 0.2) is 0 Å². The Bertz CT molecular complexity index is 277. The molecule has 1 heterocycles. The molecule has 0 aromatic rings. The van der Waals surface area contributed by atoms with Gasteiger partial charge in [-0.15, -0.1) is 0 Å². The molecule has 0 aromatic carbocycles. The SMILES string of the molecule is O=C1CC2CC3=C(CCCC3)CC2N1. The highest BCUT2D eigenvalue weighted by atomic mass is 16.2. The summed E-state index contributed by atoms with van der Waals surface area (Å²) in [4.78, 5) is 11.3. The van der Waals surface area contributed by atoms with Crippen molar-refractivity contribution in [2.24, 2.45) is 5.92 Å². The maximum Gasteiger partial charge on any atom is 0.220 e. The molecule has 0 saturated carbocycles. The summed E-state index contributed by atoms with van der Waals surface area (Å²) in [7, 11) is 0. The van der Waals surface area contributed by atoms with Crippen LogP contribution < -0.4 is 5.32 Å². The number of hydrogen-bond acceptors (Lipinski definition) is 1. The third kappa shape index (κ3) is 1.28. The van der Waals surface area contributed by atoms with Gasteiger partial charge in [-0.3, -0.25) is 4.79 Å². The van der Waals surface area contributed by atoms with Crippen molar-refractivity contribution in [1.29, 1.82) is 0 Å². The number of amides is 1. The third-order valence-electron chi connectivity index (χ3n) is 4.05. The molecule has 2 unspecified atom stereocenters. The molecule has 76 valence electrons. The van der Waals surface area contributed by atoms with Crippen molar-refractivity contribution in [3.63, 3.8) is 0 Å². The van der Waals surface area contributed by atoms with E-state index in [2.05, 4.69) is 5.32 Å². The van der Waals surface area contributed by atoms with Gasteiger partial charge in [0, 0.05) is 12.5 Å². The highest BCUT2D eigenvalue weighted by molar-refractivity contribution is 5.79. The standard InChI is InChI=1S/C12H17NO/c14-12-7-10-5-8-3-1-2-4-9(8)6-11(10)13-12/h10-11H,1-7H2,(H,13,14). The van der Waals surface area contributed by atoms with Crippen LogP contribution in [0.3, 0.4) is 0 Å². The molecule has 2 aliphatic carbocycles. The summed E-state index contributed by atoms with van der Waals surface area (Å²) < 4.78 is 0. The smallest absolute Gasteiger partial charge is 0.220 e. The average Bonchev–Trinajstić information content (AvgIpc) is 2.53. The van der Waals surface area contributed by atoms with Crippen LogP contribution in [-0.2, 0) is 4.79 Å². The molecule has 1 fully saturated rings. The molecule has 1 amide bonds. The molecular weight excluding hydrogens is 174 g/mol. The van der Waals surface area contributed by atoms with Crippen LogP contribution in [0.5, 0.6) is 0 Å². The van der Waals surface area contributed by atoms with Crippen molar-refractivity contribution in [2.75, 3.05) is 0 Å². The van der Waals surface area contributed by atoms with E-state index in [1.165, 1.54) is 32.1 Å². The molecule has 1 saturated heterocycles. The molecular formula is C12H17NO. The lowest BCUT2D eigenvalue weighted by molar-refractivity contribution is -0.119. The summed E-state index contributed by atoms with van der Waals surface area (Å²) in [6.07, 6.45) is 8.49. The van der Waals surface area contributed by atoms with Crippen molar-refractivity contribution >= 4 is 5.91 Å². The zero-order valence-corrected chi connectivity index (χ0v) is 8.51. The Kier molecular flexibility index (Phi) is 1.89. The average molecular weight is 191 g/mol. The van der Waals surface area contributed by atoms with Crippen LogP contribution in [0.25, 0.3) is 0 Å². The summed E-state index contributed by atoms with van der Waals surface area (Å²) in [6.45, 7) is 0. The van der Waals surface area contributed by atoms with Gasteiger partial charge in [0.05, 0.1) is 0 Å². The first-order chi connectivity index (χ1) is 6.83. The van der Waals surface area contributed by atoms with E-state index in [0.29, 0.717) is 12.0 Å². The van der Waals surface area contributed by atoms with Gasteiger partial charge in [0.1, 0.15) is 0 Å². The molecule has 0 spiro atoms. The predicted molar refractivity (Wildman–Crippen MR) is 54.8 cm³/mol. The van der Waals surface area contributed by atoms with Crippen molar-refractivity contribution in [2.45, 2.75) is 51.0 Å². The summed E-state index contributed by atoms with van der Waals surface area (Å²) >= 11 is 0. The Labute approximate surface area is 84.8 Å². The molecule has 2 nitrogen and oxygen atoms in total. The maximum absolute atomic E-state index is 11.3. The van der Waals surface area contributed by atoms with E-state index >= 15 is 0 Å². The Hall–Kier alpha value is -0.790. The molecule has 0 bridgehead atoms. The fourth-order valence-corrected chi connectivity index (χ4v) is 3.30. The molecule has 0 radical (unpaired) electrons. The number of allylic oxidation sites excluding steroid dienone is 1. The molecule has 0 aromatic heterocycles. The van der Waals surface area contributed by atoms with Crippen molar-refractivity contribution in [3.05, 3.63) is 11.1 Å². The number of fused-ring (bicyclic) bond motifs is 1. The highest BCUT2D eigenvalue weighted by Crippen LogP contribution is 2.41. The van der Waals surface area contributed by atoms with E-state index in [-0.39, 0.29) is 5.91 Å². The van der Waals surface area contributed by atoms with E-state index in [4.69, 9.17) is 0 Å². The topological polar surface area (TPSA) is 29.1 Å². The lowest BCUT2D eigenvalue weighted by Crippen LogP contribution is -2.33. The third-order valence-corrected chi connectivity index (χ3v) is 4.05. The van der Waals surface area contributed by atoms with Crippen LogP contribution in [0.4, 0.5) is 0 Å². The summed E-state index contributed by atoms with van der Waals surface area (Å²) in [5.74, 6) is 0.902. The van der Waals surface area contributed by atoms with Crippen LogP contribution in [-0.4, -0.2) is 11.9 Å². The van der Waals surface area contributed by atoms with Crippen molar-refractivity contribution in [1.82, 2.24) is 5.32 Å². The van der Waals surface area contributed by atoms with E-state index in [1.807, 2.05) is 0 Å². The van der Waals surface area contributed by atoms with E-state index in [1.54, 1.807) is 11.1 Å². The van der Waals surface area contributed by atoms with Crippen LogP contribution in [0.15, 0.2) is 11.1 Å². The van der Waals surface area contributed by atoms with Crippen molar-refractivity contribution in [3.8, 4) is 0 Å². The minimum Gasteiger partial charge on any atom is -0.353 e. The van der Waals surface area contributed by atoms with E-state index in [9.17, 15) is 4.79 Å². The van der Waals surface area contributed by atoms with Crippen LogP contribution in [0.1, 0.15) is 44.9 Å². The van der Waals surface area contributed by atoms with Gasteiger partial charge in [-0.1, -0.05) is 11.1 Å². The first-order valence-electron chi connectivity index (χ1n) is 5.82. The Morgan fingerprint density at radius 1 is 1.00 bits per heavy atom.